The van der Waals surface area contributed by atoms with E-state index in [9.17, 15) is 9.50 Å². The maximum absolute atomic E-state index is 14.1. The zero-order valence-electron chi connectivity index (χ0n) is 17.5. The highest BCUT2D eigenvalue weighted by Gasteiger charge is 2.42. The van der Waals surface area contributed by atoms with Crippen molar-refractivity contribution in [3.05, 3.63) is 70.5 Å². The molecule has 2 heterocycles. The highest BCUT2D eigenvalue weighted by Crippen LogP contribution is 2.49. The lowest BCUT2D eigenvalue weighted by atomic mass is 9.87. The fourth-order valence-corrected chi connectivity index (χ4v) is 5.57. The Morgan fingerprint density at radius 2 is 1.90 bits per heavy atom. The molecule has 5 rings (SSSR count). The molecule has 4 nitrogen and oxygen atoms in total. The summed E-state index contributed by atoms with van der Waals surface area (Å²) in [5.41, 5.74) is 4.13. The molecular weight excluding hydrogens is 381 g/mol. The van der Waals surface area contributed by atoms with Gasteiger partial charge in [-0.2, -0.15) is 0 Å². The lowest BCUT2D eigenvalue weighted by Gasteiger charge is -2.38. The van der Waals surface area contributed by atoms with Crippen molar-refractivity contribution in [1.29, 1.82) is 0 Å². The van der Waals surface area contributed by atoms with Crippen LogP contribution in [0.2, 0.25) is 0 Å². The number of fused-ring (bicyclic) bond motifs is 5. The Kier molecular flexibility index (Phi) is 5.40. The molecule has 5 heteroatoms. The molecule has 2 fully saturated rings. The lowest BCUT2D eigenvalue weighted by Crippen LogP contribution is -2.48. The number of rotatable bonds is 4. The van der Waals surface area contributed by atoms with Crippen molar-refractivity contribution < 1.29 is 19.0 Å². The highest BCUT2D eigenvalue weighted by atomic mass is 19.1. The number of ether oxygens (including phenoxy) is 2. The van der Waals surface area contributed by atoms with Crippen LogP contribution in [0.15, 0.2) is 42.5 Å². The maximum atomic E-state index is 14.1. The van der Waals surface area contributed by atoms with Gasteiger partial charge in [0.05, 0.1) is 24.4 Å². The predicted octanol–water partition coefficient (Wildman–Crippen LogP) is 3.82. The molecule has 2 aromatic rings. The summed E-state index contributed by atoms with van der Waals surface area (Å²) in [6.07, 6.45) is 3.22. The first-order valence-electron chi connectivity index (χ1n) is 11.0. The van der Waals surface area contributed by atoms with E-state index in [1.54, 1.807) is 19.2 Å². The summed E-state index contributed by atoms with van der Waals surface area (Å²) in [6, 6.07) is 13.7. The molecule has 2 saturated heterocycles. The normalized spacial score (nSPS) is 27.8. The topological polar surface area (TPSA) is 41.9 Å². The van der Waals surface area contributed by atoms with Crippen molar-refractivity contribution >= 4 is 0 Å². The lowest BCUT2D eigenvalue weighted by molar-refractivity contribution is -0.0775. The Hall–Kier alpha value is -1.79. The van der Waals surface area contributed by atoms with E-state index in [2.05, 4.69) is 29.2 Å². The molecule has 3 atom stereocenters. The average Bonchev–Trinajstić information content (AvgIpc) is 3.10. The Morgan fingerprint density at radius 3 is 2.70 bits per heavy atom. The fourth-order valence-electron chi connectivity index (χ4n) is 5.57. The largest absolute Gasteiger partial charge is 0.387 e. The summed E-state index contributed by atoms with van der Waals surface area (Å²) in [5.74, 6) is 0.0587. The molecule has 1 N–H and O–H groups in total. The Morgan fingerprint density at radius 1 is 1.13 bits per heavy atom. The van der Waals surface area contributed by atoms with Crippen LogP contribution in [-0.2, 0) is 15.9 Å². The molecule has 0 spiro atoms. The molecule has 3 aliphatic rings. The third-order valence-electron chi connectivity index (χ3n) is 7.13. The molecule has 30 heavy (non-hydrogen) atoms. The zero-order chi connectivity index (χ0) is 20.7. The smallest absolute Gasteiger partial charge is 0.123 e. The number of methoxy groups -OCH3 is 1. The van der Waals surface area contributed by atoms with E-state index in [0.717, 1.165) is 50.9 Å². The highest BCUT2D eigenvalue weighted by molar-refractivity contribution is 5.45. The van der Waals surface area contributed by atoms with E-state index in [1.165, 1.54) is 16.7 Å². The number of hydrogen-bond donors (Lipinski definition) is 1. The summed E-state index contributed by atoms with van der Waals surface area (Å²) in [4.78, 5) is 2.39. The van der Waals surface area contributed by atoms with Gasteiger partial charge in [0, 0.05) is 32.7 Å². The van der Waals surface area contributed by atoms with E-state index >= 15 is 0 Å². The van der Waals surface area contributed by atoms with Crippen molar-refractivity contribution in [1.82, 2.24) is 4.90 Å². The van der Waals surface area contributed by atoms with Gasteiger partial charge < -0.3 is 19.5 Å². The molecule has 0 saturated carbocycles. The van der Waals surface area contributed by atoms with Crippen molar-refractivity contribution in [3.8, 4) is 0 Å². The van der Waals surface area contributed by atoms with E-state index in [4.69, 9.17) is 9.47 Å². The van der Waals surface area contributed by atoms with Gasteiger partial charge in [0.25, 0.3) is 0 Å². The number of halogens is 1. The quantitative estimate of drug-likeness (QED) is 0.831. The Balaban J connectivity index is 1.36. The minimum atomic E-state index is -0.705. The van der Waals surface area contributed by atoms with Gasteiger partial charge in [-0.3, -0.25) is 0 Å². The van der Waals surface area contributed by atoms with Crippen LogP contribution in [-0.4, -0.2) is 55.1 Å². The molecule has 0 bridgehead atoms. The van der Waals surface area contributed by atoms with Crippen LogP contribution < -0.4 is 0 Å². The SMILES string of the molecule is COCC1(O)CCN(C[C@@H]2C[C@@H]3c4ccccc4Cc4ccc(F)cc4[C@@H]3O2)CC1. The summed E-state index contributed by atoms with van der Waals surface area (Å²) in [7, 11) is 1.64. The molecule has 0 unspecified atom stereocenters. The first kappa shape index (κ1) is 20.1. The number of benzene rings is 2. The minimum Gasteiger partial charge on any atom is -0.387 e. The summed E-state index contributed by atoms with van der Waals surface area (Å²) < 4.78 is 25.9. The van der Waals surface area contributed by atoms with Gasteiger partial charge in [0.2, 0.25) is 0 Å². The molecule has 0 aromatic heterocycles. The Bertz CT molecular complexity index is 909. The van der Waals surface area contributed by atoms with Crippen LogP contribution in [0.1, 0.15) is 53.5 Å². The first-order valence-corrected chi connectivity index (χ1v) is 11.0. The van der Waals surface area contributed by atoms with Crippen molar-refractivity contribution in [2.24, 2.45) is 0 Å². The van der Waals surface area contributed by atoms with Crippen LogP contribution in [0.25, 0.3) is 0 Å². The van der Waals surface area contributed by atoms with Gasteiger partial charge in [-0.25, -0.2) is 4.39 Å². The molecule has 160 valence electrons. The second-order valence-corrected chi connectivity index (χ2v) is 9.20. The van der Waals surface area contributed by atoms with Crippen LogP contribution in [0, 0.1) is 5.82 Å². The van der Waals surface area contributed by atoms with Gasteiger partial charge in [-0.1, -0.05) is 30.3 Å². The second kappa shape index (κ2) is 8.04. The number of hydrogen-bond acceptors (Lipinski definition) is 4. The summed E-state index contributed by atoms with van der Waals surface area (Å²) in [6.45, 7) is 2.93. The van der Waals surface area contributed by atoms with Gasteiger partial charge in [0.1, 0.15) is 5.82 Å². The van der Waals surface area contributed by atoms with Crippen molar-refractivity contribution in [2.75, 3.05) is 33.4 Å². The van der Waals surface area contributed by atoms with Gasteiger partial charge in [-0.15, -0.1) is 0 Å². The van der Waals surface area contributed by atoms with Gasteiger partial charge in [-0.05, 0) is 60.1 Å². The maximum Gasteiger partial charge on any atom is 0.123 e. The van der Waals surface area contributed by atoms with Crippen LogP contribution in [0.3, 0.4) is 0 Å². The third kappa shape index (κ3) is 3.80. The first-order chi connectivity index (χ1) is 14.5. The minimum absolute atomic E-state index is 0.0976. The van der Waals surface area contributed by atoms with Crippen LogP contribution in [0.4, 0.5) is 4.39 Å². The molecule has 0 radical (unpaired) electrons. The van der Waals surface area contributed by atoms with Crippen molar-refractivity contribution in [2.45, 2.75) is 49.4 Å². The van der Waals surface area contributed by atoms with Crippen molar-refractivity contribution in [3.63, 3.8) is 0 Å². The number of aliphatic hydroxyl groups is 1. The number of likely N-dealkylation sites (tertiary alicyclic amines) is 1. The predicted molar refractivity (Wildman–Crippen MR) is 113 cm³/mol. The molecule has 0 amide bonds. The Labute approximate surface area is 177 Å². The zero-order valence-corrected chi connectivity index (χ0v) is 17.5. The molecule has 2 aliphatic heterocycles. The summed E-state index contributed by atoms with van der Waals surface area (Å²) in [5, 5.41) is 10.6. The molecule has 2 aromatic carbocycles. The third-order valence-corrected chi connectivity index (χ3v) is 7.13. The molecule has 1 aliphatic carbocycles. The fraction of sp³-hybridized carbons (Fsp3) is 0.520. The van der Waals surface area contributed by atoms with Gasteiger partial charge >= 0.3 is 0 Å². The average molecular weight is 412 g/mol. The monoisotopic (exact) mass is 411 g/mol. The number of piperidine rings is 1. The van der Waals surface area contributed by atoms with E-state index < -0.39 is 5.60 Å². The van der Waals surface area contributed by atoms with E-state index in [1.807, 2.05) is 6.07 Å². The standard InChI is InChI=1S/C25H30FNO3/c1-29-16-25(28)8-10-27(11-9-25)15-20-14-23-21-5-3-2-4-17(21)12-18-6-7-19(26)13-22(18)24(23)30-20/h2-7,13,20,23-24,28H,8-12,14-16H2,1H3/t20-,23+,24-/m0/s1. The molecular formula is C25H30FNO3. The van der Waals surface area contributed by atoms with Gasteiger partial charge in [0.15, 0.2) is 0 Å². The van der Waals surface area contributed by atoms with Crippen LogP contribution in [0.5, 0.6) is 0 Å². The summed E-state index contributed by atoms with van der Waals surface area (Å²) >= 11 is 0. The number of nitrogens with zero attached hydrogens (tertiary/aromatic N) is 1. The van der Waals surface area contributed by atoms with Crippen LogP contribution >= 0.6 is 0 Å². The van der Waals surface area contributed by atoms with E-state index in [-0.39, 0.29) is 23.9 Å². The second-order valence-electron chi connectivity index (χ2n) is 9.20. The van der Waals surface area contributed by atoms with E-state index in [0.29, 0.717) is 6.61 Å².